The van der Waals surface area contributed by atoms with Crippen molar-refractivity contribution < 1.29 is 9.84 Å². The number of aliphatic hydroxyl groups excluding tert-OH is 1. The van der Waals surface area contributed by atoms with E-state index in [0.29, 0.717) is 6.61 Å². The van der Waals surface area contributed by atoms with Crippen molar-refractivity contribution in [1.82, 2.24) is 9.80 Å². The molecule has 3 N–H and O–H groups in total. The topological polar surface area (TPSA) is 62.0 Å². The average Bonchev–Trinajstić information content (AvgIpc) is 2.49. The second kappa shape index (κ2) is 7.59. The molecule has 0 spiro atoms. The summed E-state index contributed by atoms with van der Waals surface area (Å²) in [6, 6.07) is 7.28. The molecule has 1 saturated heterocycles. The van der Waals surface area contributed by atoms with Gasteiger partial charge in [-0.2, -0.15) is 0 Å². The monoisotopic (exact) mass is 279 g/mol. The molecule has 1 aliphatic rings. The van der Waals surface area contributed by atoms with Crippen LogP contribution in [0.15, 0.2) is 24.3 Å². The lowest BCUT2D eigenvalue weighted by Gasteiger charge is -2.32. The van der Waals surface area contributed by atoms with Crippen LogP contribution < -0.4 is 10.5 Å². The Morgan fingerprint density at radius 3 is 2.65 bits per heavy atom. The van der Waals surface area contributed by atoms with Gasteiger partial charge in [-0.05, 0) is 13.1 Å². The number of hydrogen-bond donors (Lipinski definition) is 2. The van der Waals surface area contributed by atoms with Gasteiger partial charge in [-0.3, -0.25) is 4.90 Å². The van der Waals surface area contributed by atoms with Crippen LogP contribution >= 0.6 is 0 Å². The van der Waals surface area contributed by atoms with E-state index in [1.165, 1.54) is 0 Å². The number of nitrogens with zero attached hydrogens (tertiary/aromatic N) is 2. The summed E-state index contributed by atoms with van der Waals surface area (Å²) in [4.78, 5) is 4.75. The number of piperazine rings is 1. The van der Waals surface area contributed by atoms with Crippen molar-refractivity contribution in [3.05, 3.63) is 29.8 Å². The van der Waals surface area contributed by atoms with E-state index in [1.54, 1.807) is 0 Å². The van der Waals surface area contributed by atoms with Gasteiger partial charge >= 0.3 is 0 Å². The molecule has 2 rings (SSSR count). The van der Waals surface area contributed by atoms with Crippen LogP contribution in [0.1, 0.15) is 11.6 Å². The van der Waals surface area contributed by atoms with Gasteiger partial charge < -0.3 is 20.5 Å². The number of ether oxygens (including phenoxy) is 1. The van der Waals surface area contributed by atoms with Gasteiger partial charge in [0.25, 0.3) is 0 Å². The maximum atomic E-state index is 9.17. The number of nitrogens with two attached hydrogens (primary N) is 1. The van der Waals surface area contributed by atoms with E-state index < -0.39 is 0 Å². The molecule has 1 fully saturated rings. The fourth-order valence-electron chi connectivity index (χ4n) is 2.37. The summed E-state index contributed by atoms with van der Waals surface area (Å²) in [5.41, 5.74) is 6.75. The first-order valence-electron chi connectivity index (χ1n) is 7.19. The second-order valence-electron chi connectivity index (χ2n) is 5.32. The van der Waals surface area contributed by atoms with Crippen LogP contribution in [-0.4, -0.2) is 67.9 Å². The lowest BCUT2D eigenvalue weighted by molar-refractivity contribution is 0.133. The molecule has 5 nitrogen and oxygen atoms in total. The van der Waals surface area contributed by atoms with Crippen molar-refractivity contribution in [2.75, 3.05) is 53.0 Å². The van der Waals surface area contributed by atoms with E-state index in [0.717, 1.165) is 44.0 Å². The Balaban J connectivity index is 1.82. The molecule has 0 aliphatic carbocycles. The molecular weight excluding hydrogens is 254 g/mol. The smallest absolute Gasteiger partial charge is 0.124 e. The third-order valence-corrected chi connectivity index (χ3v) is 3.78. The van der Waals surface area contributed by atoms with E-state index in [1.807, 2.05) is 24.3 Å². The normalized spacial score (nSPS) is 18.9. The molecule has 0 bridgehead atoms. The van der Waals surface area contributed by atoms with Crippen LogP contribution in [0.5, 0.6) is 5.75 Å². The van der Waals surface area contributed by atoms with Crippen LogP contribution in [0, 0.1) is 0 Å². The highest BCUT2D eigenvalue weighted by Crippen LogP contribution is 2.23. The number of likely N-dealkylation sites (N-methyl/N-ethyl adjacent to an activating group) is 1. The summed E-state index contributed by atoms with van der Waals surface area (Å²) >= 11 is 0. The van der Waals surface area contributed by atoms with Crippen molar-refractivity contribution in [3.8, 4) is 5.75 Å². The predicted octanol–water partition coefficient (Wildman–Crippen LogP) is 0.305. The Morgan fingerprint density at radius 2 is 1.95 bits per heavy atom. The molecule has 20 heavy (non-hydrogen) atoms. The highest BCUT2D eigenvalue weighted by molar-refractivity contribution is 5.35. The van der Waals surface area contributed by atoms with Crippen LogP contribution in [-0.2, 0) is 0 Å². The molecule has 0 amide bonds. The molecule has 0 saturated carbocycles. The quantitative estimate of drug-likeness (QED) is 0.784. The Labute approximate surface area is 120 Å². The number of aliphatic hydroxyl groups is 1. The van der Waals surface area contributed by atoms with E-state index >= 15 is 0 Å². The summed E-state index contributed by atoms with van der Waals surface area (Å²) in [5.74, 6) is 0.781. The third kappa shape index (κ3) is 4.18. The molecule has 0 unspecified atom stereocenters. The Morgan fingerprint density at radius 1 is 1.25 bits per heavy atom. The van der Waals surface area contributed by atoms with Gasteiger partial charge in [0.2, 0.25) is 0 Å². The SMILES string of the molecule is CN1CCN(CCOc2ccccc2[C@@H](N)CO)CC1. The first-order chi connectivity index (χ1) is 9.70. The molecule has 1 atom stereocenters. The Hall–Kier alpha value is -1.14. The minimum atomic E-state index is -0.380. The van der Waals surface area contributed by atoms with Gasteiger partial charge in [-0.1, -0.05) is 18.2 Å². The predicted molar refractivity (Wildman–Crippen MR) is 79.9 cm³/mol. The summed E-state index contributed by atoms with van der Waals surface area (Å²) in [6.07, 6.45) is 0. The molecule has 5 heteroatoms. The maximum Gasteiger partial charge on any atom is 0.124 e. The minimum absolute atomic E-state index is 0.0706. The molecule has 0 aromatic heterocycles. The van der Waals surface area contributed by atoms with Gasteiger partial charge in [0.15, 0.2) is 0 Å². The van der Waals surface area contributed by atoms with E-state index in [4.69, 9.17) is 10.5 Å². The fourth-order valence-corrected chi connectivity index (χ4v) is 2.37. The van der Waals surface area contributed by atoms with Crippen LogP contribution in [0.25, 0.3) is 0 Å². The minimum Gasteiger partial charge on any atom is -0.492 e. The lowest BCUT2D eigenvalue weighted by Crippen LogP contribution is -2.45. The van der Waals surface area contributed by atoms with Crippen molar-refractivity contribution in [3.63, 3.8) is 0 Å². The van der Waals surface area contributed by atoms with Crippen LogP contribution in [0.2, 0.25) is 0 Å². The van der Waals surface area contributed by atoms with E-state index in [-0.39, 0.29) is 12.6 Å². The molecule has 1 heterocycles. The molecule has 112 valence electrons. The first-order valence-corrected chi connectivity index (χ1v) is 7.19. The second-order valence-corrected chi connectivity index (χ2v) is 5.32. The largest absolute Gasteiger partial charge is 0.492 e. The molecule has 1 aromatic carbocycles. The zero-order valence-corrected chi connectivity index (χ0v) is 12.2. The van der Waals surface area contributed by atoms with E-state index in [2.05, 4.69) is 16.8 Å². The van der Waals surface area contributed by atoms with Gasteiger partial charge in [0.1, 0.15) is 12.4 Å². The zero-order chi connectivity index (χ0) is 14.4. The number of benzene rings is 1. The Bertz CT molecular complexity index is 406. The Kier molecular flexibility index (Phi) is 5.79. The van der Waals surface area contributed by atoms with Gasteiger partial charge in [0.05, 0.1) is 12.6 Å². The standard InChI is InChI=1S/C15H25N3O2/c1-17-6-8-18(9-7-17)10-11-20-15-5-3-2-4-13(15)14(16)12-19/h2-5,14,19H,6-12,16H2,1H3/t14-/m0/s1. The van der Waals surface area contributed by atoms with Gasteiger partial charge in [0, 0.05) is 38.3 Å². The van der Waals surface area contributed by atoms with Crippen LogP contribution in [0.3, 0.4) is 0 Å². The number of hydrogen-bond acceptors (Lipinski definition) is 5. The van der Waals surface area contributed by atoms with Crippen molar-refractivity contribution in [2.45, 2.75) is 6.04 Å². The maximum absolute atomic E-state index is 9.17. The highest BCUT2D eigenvalue weighted by atomic mass is 16.5. The van der Waals surface area contributed by atoms with Crippen molar-refractivity contribution in [1.29, 1.82) is 0 Å². The molecule has 1 aromatic rings. The van der Waals surface area contributed by atoms with Crippen molar-refractivity contribution >= 4 is 0 Å². The summed E-state index contributed by atoms with van der Waals surface area (Å²) in [5, 5.41) is 9.17. The van der Waals surface area contributed by atoms with E-state index in [9.17, 15) is 5.11 Å². The molecular formula is C15H25N3O2. The summed E-state index contributed by atoms with van der Waals surface area (Å²) in [6.45, 7) is 5.93. The van der Waals surface area contributed by atoms with Gasteiger partial charge in [-0.25, -0.2) is 0 Å². The summed E-state index contributed by atoms with van der Waals surface area (Å²) in [7, 11) is 2.15. The number of para-hydroxylation sites is 1. The molecule has 0 radical (unpaired) electrons. The molecule has 1 aliphatic heterocycles. The number of rotatable bonds is 6. The van der Waals surface area contributed by atoms with Crippen molar-refractivity contribution in [2.24, 2.45) is 5.73 Å². The van der Waals surface area contributed by atoms with Crippen LogP contribution in [0.4, 0.5) is 0 Å². The lowest BCUT2D eigenvalue weighted by atomic mass is 10.1. The van der Waals surface area contributed by atoms with Gasteiger partial charge in [-0.15, -0.1) is 0 Å². The third-order valence-electron chi connectivity index (χ3n) is 3.78. The average molecular weight is 279 g/mol. The first kappa shape index (κ1) is 15.3. The highest BCUT2D eigenvalue weighted by Gasteiger charge is 2.14. The zero-order valence-electron chi connectivity index (χ0n) is 12.2. The fraction of sp³-hybridized carbons (Fsp3) is 0.600. The summed E-state index contributed by atoms with van der Waals surface area (Å²) < 4.78 is 5.84.